The van der Waals surface area contributed by atoms with Crippen LogP contribution in [0.3, 0.4) is 0 Å². The molecule has 1 fully saturated rings. The third kappa shape index (κ3) is 4.20. The van der Waals surface area contributed by atoms with Crippen LogP contribution in [0.1, 0.15) is 37.8 Å². The lowest BCUT2D eigenvalue weighted by Gasteiger charge is -2.22. The van der Waals surface area contributed by atoms with Crippen molar-refractivity contribution in [2.24, 2.45) is 0 Å². The van der Waals surface area contributed by atoms with Crippen molar-refractivity contribution >= 4 is 21.4 Å². The second-order valence-electron chi connectivity index (χ2n) is 5.16. The highest BCUT2D eigenvalue weighted by molar-refractivity contribution is 7.91. The topological polar surface area (TPSA) is 46.2 Å². The Balaban J connectivity index is 2.06. The first-order valence-corrected chi connectivity index (χ1v) is 8.92. The van der Waals surface area contributed by atoms with Crippen LogP contribution >= 0.6 is 11.6 Å². The molecule has 0 amide bonds. The van der Waals surface area contributed by atoms with Crippen LogP contribution in [0.15, 0.2) is 24.3 Å². The molecule has 2 atom stereocenters. The lowest BCUT2D eigenvalue weighted by atomic mass is 10.0. The zero-order chi connectivity index (χ0) is 13.9. The van der Waals surface area contributed by atoms with E-state index in [0.717, 1.165) is 24.3 Å². The maximum Gasteiger partial charge on any atom is 0.151 e. The van der Waals surface area contributed by atoms with E-state index >= 15 is 0 Å². The van der Waals surface area contributed by atoms with Crippen LogP contribution in [0.25, 0.3) is 0 Å². The van der Waals surface area contributed by atoms with Gasteiger partial charge in [0.05, 0.1) is 11.5 Å². The van der Waals surface area contributed by atoms with Crippen LogP contribution in [0.4, 0.5) is 0 Å². The van der Waals surface area contributed by atoms with Gasteiger partial charge in [0.2, 0.25) is 0 Å². The fraction of sp³-hybridized carbons (Fsp3) is 0.571. The molecular formula is C14H20ClNO2S. The molecule has 1 heterocycles. The van der Waals surface area contributed by atoms with Gasteiger partial charge in [-0.2, -0.15) is 0 Å². The van der Waals surface area contributed by atoms with Crippen LogP contribution in [-0.4, -0.2) is 26.0 Å². The lowest BCUT2D eigenvalue weighted by Crippen LogP contribution is -2.33. The Hall–Kier alpha value is -0.580. The number of sulfone groups is 1. The Labute approximate surface area is 120 Å². The molecule has 1 N–H and O–H groups in total. The molecule has 19 heavy (non-hydrogen) atoms. The van der Waals surface area contributed by atoms with E-state index in [4.69, 9.17) is 11.6 Å². The van der Waals surface area contributed by atoms with Gasteiger partial charge in [0.1, 0.15) is 0 Å². The molecule has 0 saturated carbocycles. The highest BCUT2D eigenvalue weighted by atomic mass is 35.5. The highest BCUT2D eigenvalue weighted by Crippen LogP contribution is 2.23. The molecule has 0 bridgehead atoms. The molecule has 2 unspecified atom stereocenters. The van der Waals surface area contributed by atoms with Gasteiger partial charge in [0.25, 0.3) is 0 Å². The van der Waals surface area contributed by atoms with Crippen LogP contribution < -0.4 is 5.32 Å². The summed E-state index contributed by atoms with van der Waals surface area (Å²) in [7, 11) is -2.83. The molecule has 2 rings (SSSR count). The van der Waals surface area contributed by atoms with Gasteiger partial charge in [-0.15, -0.1) is 0 Å². The Morgan fingerprint density at radius 3 is 2.58 bits per heavy atom. The van der Waals surface area contributed by atoms with Crippen LogP contribution in [-0.2, 0) is 9.84 Å². The van der Waals surface area contributed by atoms with Gasteiger partial charge in [-0.05, 0) is 30.5 Å². The number of hydrogen-bond donors (Lipinski definition) is 1. The number of halogens is 1. The molecule has 5 heteroatoms. The molecule has 0 aliphatic carbocycles. The summed E-state index contributed by atoms with van der Waals surface area (Å²) in [6.07, 6.45) is 2.77. The van der Waals surface area contributed by atoms with Crippen molar-refractivity contribution in [3.05, 3.63) is 34.9 Å². The first-order valence-electron chi connectivity index (χ1n) is 6.72. The predicted molar refractivity (Wildman–Crippen MR) is 79.3 cm³/mol. The maximum atomic E-state index is 11.5. The molecule has 1 aromatic rings. The molecule has 0 aromatic heterocycles. The third-order valence-corrected chi connectivity index (χ3v) is 5.54. The van der Waals surface area contributed by atoms with Gasteiger partial charge in [0.15, 0.2) is 9.84 Å². The Morgan fingerprint density at radius 2 is 2.05 bits per heavy atom. The van der Waals surface area contributed by atoms with E-state index in [1.165, 1.54) is 5.56 Å². The van der Waals surface area contributed by atoms with E-state index < -0.39 is 9.84 Å². The molecule has 3 nitrogen and oxygen atoms in total. The minimum atomic E-state index is -2.83. The Kier molecular flexibility index (Phi) is 4.87. The molecular weight excluding hydrogens is 282 g/mol. The van der Waals surface area contributed by atoms with Crippen molar-refractivity contribution in [1.82, 2.24) is 5.32 Å². The molecule has 1 saturated heterocycles. The third-order valence-electron chi connectivity index (χ3n) is 3.52. The van der Waals surface area contributed by atoms with Crippen molar-refractivity contribution in [3.63, 3.8) is 0 Å². The number of benzene rings is 1. The fourth-order valence-electron chi connectivity index (χ4n) is 2.54. The van der Waals surface area contributed by atoms with E-state index in [1.54, 1.807) is 0 Å². The summed E-state index contributed by atoms with van der Waals surface area (Å²) in [6, 6.07) is 8.08. The number of hydrogen-bond acceptors (Lipinski definition) is 3. The van der Waals surface area contributed by atoms with E-state index in [0.29, 0.717) is 5.75 Å². The first kappa shape index (κ1) is 14.8. The van der Waals surface area contributed by atoms with Crippen molar-refractivity contribution < 1.29 is 8.42 Å². The smallest absolute Gasteiger partial charge is 0.151 e. The quantitative estimate of drug-likeness (QED) is 0.909. The maximum absolute atomic E-state index is 11.5. The van der Waals surface area contributed by atoms with Crippen molar-refractivity contribution in [2.45, 2.75) is 38.3 Å². The number of nitrogens with one attached hydrogen (secondary N) is 1. The largest absolute Gasteiger partial charge is 0.306 e. The average molecular weight is 302 g/mol. The second-order valence-corrected chi connectivity index (χ2v) is 7.82. The average Bonchev–Trinajstić information content (AvgIpc) is 2.69. The van der Waals surface area contributed by atoms with Gasteiger partial charge >= 0.3 is 0 Å². The van der Waals surface area contributed by atoms with Crippen LogP contribution in [0, 0.1) is 0 Å². The fourth-order valence-corrected chi connectivity index (χ4v) is 4.35. The molecule has 1 aromatic carbocycles. The van der Waals surface area contributed by atoms with Gasteiger partial charge < -0.3 is 5.32 Å². The summed E-state index contributed by atoms with van der Waals surface area (Å²) >= 11 is 5.90. The zero-order valence-corrected chi connectivity index (χ0v) is 12.7. The van der Waals surface area contributed by atoms with Crippen molar-refractivity contribution in [3.8, 4) is 0 Å². The van der Waals surface area contributed by atoms with Gasteiger partial charge in [0, 0.05) is 17.1 Å². The van der Waals surface area contributed by atoms with E-state index in [9.17, 15) is 8.42 Å². The summed E-state index contributed by atoms with van der Waals surface area (Å²) in [6.45, 7) is 2.13. The van der Waals surface area contributed by atoms with Crippen LogP contribution in [0.5, 0.6) is 0 Å². The molecule has 0 radical (unpaired) electrons. The van der Waals surface area contributed by atoms with Gasteiger partial charge in [-0.3, -0.25) is 0 Å². The van der Waals surface area contributed by atoms with Gasteiger partial charge in [-0.1, -0.05) is 37.1 Å². The highest BCUT2D eigenvalue weighted by Gasteiger charge is 2.29. The van der Waals surface area contributed by atoms with E-state index in [2.05, 4.69) is 12.2 Å². The predicted octanol–water partition coefficient (Wildman–Crippen LogP) is 2.96. The zero-order valence-electron chi connectivity index (χ0n) is 11.1. The summed E-state index contributed by atoms with van der Waals surface area (Å²) in [4.78, 5) is 0. The summed E-state index contributed by atoms with van der Waals surface area (Å²) in [5.41, 5.74) is 1.18. The second kappa shape index (κ2) is 6.25. The summed E-state index contributed by atoms with van der Waals surface area (Å²) in [5, 5.41) is 4.21. The van der Waals surface area contributed by atoms with Crippen molar-refractivity contribution in [1.29, 1.82) is 0 Å². The van der Waals surface area contributed by atoms with E-state index in [-0.39, 0.29) is 17.8 Å². The normalized spacial score (nSPS) is 23.4. The Morgan fingerprint density at radius 1 is 1.37 bits per heavy atom. The molecule has 1 aliphatic heterocycles. The monoisotopic (exact) mass is 301 g/mol. The summed E-state index contributed by atoms with van der Waals surface area (Å²) in [5.74, 6) is 0.574. The molecule has 106 valence electrons. The van der Waals surface area contributed by atoms with E-state index in [1.807, 2.05) is 24.3 Å². The minimum absolute atomic E-state index is 0.0808. The lowest BCUT2D eigenvalue weighted by molar-refractivity contribution is 0.434. The minimum Gasteiger partial charge on any atom is -0.306 e. The SMILES string of the molecule is CCCC(NC1CCS(=O)(=O)C1)c1ccc(Cl)cc1. The molecule has 0 spiro atoms. The molecule has 1 aliphatic rings. The van der Waals surface area contributed by atoms with Crippen LogP contribution in [0.2, 0.25) is 5.02 Å². The first-order chi connectivity index (χ1) is 9.00. The Bertz CT molecular complexity index is 513. The standard InChI is InChI=1S/C14H20ClNO2S/c1-2-3-14(11-4-6-12(15)7-5-11)16-13-8-9-19(17,18)10-13/h4-7,13-14,16H,2-3,8-10H2,1H3. The summed E-state index contributed by atoms with van der Waals surface area (Å²) < 4.78 is 23.0. The number of rotatable bonds is 5. The van der Waals surface area contributed by atoms with Crippen molar-refractivity contribution in [2.75, 3.05) is 11.5 Å². The van der Waals surface area contributed by atoms with Gasteiger partial charge in [-0.25, -0.2) is 8.42 Å².